The number of carbonyl (C=O) groups excluding carboxylic acids is 1. The van der Waals surface area contributed by atoms with Gasteiger partial charge in [-0.1, -0.05) is 6.07 Å². The number of benzene rings is 2. The van der Waals surface area contributed by atoms with Gasteiger partial charge in [-0.25, -0.2) is 9.37 Å². The van der Waals surface area contributed by atoms with Gasteiger partial charge in [0.25, 0.3) is 5.91 Å². The van der Waals surface area contributed by atoms with Crippen LogP contribution in [0.3, 0.4) is 0 Å². The fourth-order valence-electron chi connectivity index (χ4n) is 2.57. The highest BCUT2D eigenvalue weighted by molar-refractivity contribution is 7.98. The van der Waals surface area contributed by atoms with Gasteiger partial charge in [0.15, 0.2) is 0 Å². The fraction of sp³-hybridized carbons (Fsp3) is 0.100. The third kappa shape index (κ3) is 5.57. The second-order valence-corrected chi connectivity index (χ2v) is 7.07. The normalized spacial score (nSPS) is 10.5. The highest BCUT2D eigenvalue weighted by atomic mass is 32.2. The Morgan fingerprint density at radius 3 is 2.55 bits per heavy atom. The van der Waals surface area contributed by atoms with Crippen molar-refractivity contribution in [1.82, 2.24) is 4.98 Å². The zero-order valence-corrected chi connectivity index (χ0v) is 16.3. The molecule has 0 saturated heterocycles. The maximum Gasteiger partial charge on any atom is 0.488 e. The zero-order valence-electron chi connectivity index (χ0n) is 15.5. The molecule has 29 heavy (non-hydrogen) atoms. The van der Waals surface area contributed by atoms with E-state index in [-0.39, 0.29) is 11.7 Å². The van der Waals surface area contributed by atoms with Crippen LogP contribution in [0.15, 0.2) is 65.8 Å². The van der Waals surface area contributed by atoms with Gasteiger partial charge in [-0.3, -0.25) is 4.79 Å². The van der Waals surface area contributed by atoms with Crippen molar-refractivity contribution < 1.29 is 24.0 Å². The number of thioether (sulfide) groups is 1. The molecule has 0 fully saturated rings. The lowest BCUT2D eigenvalue weighted by atomic mass is 9.77. The molecule has 0 aliphatic carbocycles. The van der Waals surface area contributed by atoms with Crippen LogP contribution in [0.1, 0.15) is 15.9 Å². The fourth-order valence-corrected chi connectivity index (χ4v) is 3.42. The van der Waals surface area contributed by atoms with Gasteiger partial charge in [0, 0.05) is 17.6 Å². The molecular formula is C20H18BFN2O4S. The molecule has 3 N–H and O–H groups in total. The summed E-state index contributed by atoms with van der Waals surface area (Å²) in [7, 11) is -0.0412. The standard InChI is InChI=1S/C20H18BFN2O4S/c1-28-17-7-8-18(21(26)27)14(10-17)12-29-19-9-2-13(11-23-19)20(25)24-16-5-3-15(22)4-6-16/h2-11,26-27H,12H2,1H3,(H,24,25). The summed E-state index contributed by atoms with van der Waals surface area (Å²) in [5.74, 6) is 0.335. The minimum atomic E-state index is -1.58. The molecular weight excluding hydrogens is 394 g/mol. The topological polar surface area (TPSA) is 91.7 Å². The Kier molecular flexibility index (Phi) is 6.87. The van der Waals surface area contributed by atoms with E-state index >= 15 is 0 Å². The van der Waals surface area contributed by atoms with Gasteiger partial charge in [0.1, 0.15) is 11.6 Å². The van der Waals surface area contributed by atoms with Crippen LogP contribution in [-0.2, 0) is 5.75 Å². The van der Waals surface area contributed by atoms with E-state index in [1.54, 1.807) is 37.4 Å². The first-order valence-electron chi connectivity index (χ1n) is 8.65. The molecule has 0 atom stereocenters. The van der Waals surface area contributed by atoms with Crippen molar-refractivity contribution >= 4 is 35.9 Å². The van der Waals surface area contributed by atoms with E-state index in [9.17, 15) is 19.2 Å². The predicted molar refractivity (Wildman–Crippen MR) is 111 cm³/mol. The van der Waals surface area contributed by atoms with Crippen LogP contribution in [0.4, 0.5) is 10.1 Å². The maximum absolute atomic E-state index is 12.9. The second-order valence-electron chi connectivity index (χ2n) is 6.07. The van der Waals surface area contributed by atoms with Crippen molar-refractivity contribution in [3.05, 3.63) is 77.7 Å². The summed E-state index contributed by atoms with van der Waals surface area (Å²) in [5.41, 5.74) is 1.97. The second kappa shape index (κ2) is 9.55. The molecule has 3 rings (SSSR count). The molecule has 0 unspecified atom stereocenters. The van der Waals surface area contributed by atoms with Crippen molar-refractivity contribution in [2.75, 3.05) is 12.4 Å². The SMILES string of the molecule is COc1ccc(B(O)O)c(CSc2ccc(C(=O)Nc3ccc(F)cc3)cn2)c1. The van der Waals surface area contributed by atoms with Crippen molar-refractivity contribution in [2.24, 2.45) is 0 Å². The van der Waals surface area contributed by atoms with Crippen LogP contribution in [-0.4, -0.2) is 35.2 Å². The summed E-state index contributed by atoms with van der Waals surface area (Å²) >= 11 is 1.39. The number of ether oxygens (including phenoxy) is 1. The number of carbonyl (C=O) groups is 1. The average molecular weight is 412 g/mol. The van der Waals surface area contributed by atoms with E-state index < -0.39 is 7.12 Å². The summed E-state index contributed by atoms with van der Waals surface area (Å²) in [5, 5.41) is 22.4. The van der Waals surface area contributed by atoms with Crippen LogP contribution < -0.4 is 15.5 Å². The molecule has 0 radical (unpaired) electrons. The Labute approximate surface area is 171 Å². The Hall–Kier alpha value is -2.88. The molecule has 148 valence electrons. The number of nitrogens with zero attached hydrogens (tertiary/aromatic N) is 1. The number of pyridine rings is 1. The number of aromatic nitrogens is 1. The Balaban J connectivity index is 1.65. The molecule has 6 nitrogen and oxygen atoms in total. The molecule has 9 heteroatoms. The van der Waals surface area contributed by atoms with E-state index in [0.717, 1.165) is 0 Å². The summed E-state index contributed by atoms with van der Waals surface area (Å²) in [4.78, 5) is 16.5. The Morgan fingerprint density at radius 1 is 1.17 bits per heavy atom. The van der Waals surface area contributed by atoms with Crippen LogP contribution in [0, 0.1) is 5.82 Å². The molecule has 3 aromatic rings. The van der Waals surface area contributed by atoms with E-state index in [4.69, 9.17) is 4.74 Å². The number of hydrogen-bond donors (Lipinski definition) is 3. The number of rotatable bonds is 7. The lowest BCUT2D eigenvalue weighted by Gasteiger charge is -2.11. The third-order valence-electron chi connectivity index (χ3n) is 4.10. The summed E-state index contributed by atoms with van der Waals surface area (Å²) in [6, 6.07) is 13.9. The van der Waals surface area contributed by atoms with Crippen LogP contribution >= 0.6 is 11.8 Å². The third-order valence-corrected chi connectivity index (χ3v) is 5.10. The van der Waals surface area contributed by atoms with Crippen molar-refractivity contribution in [3.8, 4) is 5.75 Å². The van der Waals surface area contributed by atoms with E-state index in [2.05, 4.69) is 10.3 Å². The molecule has 0 aliphatic heterocycles. The molecule has 1 heterocycles. The van der Waals surface area contributed by atoms with Gasteiger partial charge in [0.2, 0.25) is 0 Å². The Bertz CT molecular complexity index is 985. The summed E-state index contributed by atoms with van der Waals surface area (Å²) in [6.07, 6.45) is 1.45. The first-order valence-corrected chi connectivity index (χ1v) is 9.63. The zero-order chi connectivity index (χ0) is 20.8. The highest BCUT2D eigenvalue weighted by Gasteiger charge is 2.17. The van der Waals surface area contributed by atoms with Gasteiger partial charge in [0.05, 0.1) is 17.7 Å². The van der Waals surface area contributed by atoms with Crippen LogP contribution in [0.2, 0.25) is 0 Å². The lowest BCUT2D eigenvalue weighted by molar-refractivity contribution is 0.102. The van der Waals surface area contributed by atoms with Crippen molar-refractivity contribution in [1.29, 1.82) is 0 Å². The van der Waals surface area contributed by atoms with Crippen LogP contribution in [0.25, 0.3) is 0 Å². The Morgan fingerprint density at radius 2 is 1.93 bits per heavy atom. The van der Waals surface area contributed by atoms with E-state index in [1.165, 1.54) is 42.2 Å². The first kappa shape index (κ1) is 20.8. The number of halogens is 1. The van der Waals surface area contributed by atoms with Gasteiger partial charge in [-0.15, -0.1) is 11.8 Å². The van der Waals surface area contributed by atoms with Gasteiger partial charge < -0.3 is 20.1 Å². The lowest BCUT2D eigenvalue weighted by Crippen LogP contribution is -2.32. The maximum atomic E-state index is 12.9. The summed E-state index contributed by atoms with van der Waals surface area (Å²) in [6.45, 7) is 0. The minimum absolute atomic E-state index is 0.348. The largest absolute Gasteiger partial charge is 0.497 e. The number of hydrogen-bond acceptors (Lipinski definition) is 6. The number of amides is 1. The minimum Gasteiger partial charge on any atom is -0.497 e. The molecule has 1 amide bonds. The number of nitrogens with one attached hydrogen (secondary N) is 1. The van der Waals surface area contributed by atoms with Crippen LogP contribution in [0.5, 0.6) is 5.75 Å². The first-order chi connectivity index (χ1) is 14.0. The smallest absolute Gasteiger partial charge is 0.488 e. The summed E-state index contributed by atoms with van der Waals surface area (Å²) < 4.78 is 18.1. The molecule has 0 aliphatic rings. The molecule has 2 aromatic carbocycles. The van der Waals surface area contributed by atoms with Gasteiger partial charge >= 0.3 is 7.12 Å². The molecule has 0 bridgehead atoms. The average Bonchev–Trinajstić information content (AvgIpc) is 2.73. The quantitative estimate of drug-likeness (QED) is 0.408. The van der Waals surface area contributed by atoms with Gasteiger partial charge in [-0.05, 0) is 59.6 Å². The molecule has 1 aromatic heterocycles. The van der Waals surface area contributed by atoms with E-state index in [1.807, 2.05) is 0 Å². The number of methoxy groups -OCH3 is 1. The molecule has 0 spiro atoms. The monoisotopic (exact) mass is 412 g/mol. The molecule has 0 saturated carbocycles. The van der Waals surface area contributed by atoms with Gasteiger partial charge in [-0.2, -0.15) is 0 Å². The predicted octanol–water partition coefficient (Wildman–Crippen LogP) is 2.45. The van der Waals surface area contributed by atoms with E-state index in [0.29, 0.717) is 38.8 Å². The van der Waals surface area contributed by atoms with Crippen molar-refractivity contribution in [2.45, 2.75) is 10.8 Å². The van der Waals surface area contributed by atoms with Crippen molar-refractivity contribution in [3.63, 3.8) is 0 Å². The number of anilines is 1. The highest BCUT2D eigenvalue weighted by Crippen LogP contribution is 2.23.